The Labute approximate surface area is 212 Å². The number of halogens is 1. The monoisotopic (exact) mass is 492 g/mol. The molecule has 2 aliphatic rings. The van der Waals surface area contributed by atoms with Crippen LogP contribution in [0, 0.1) is 11.8 Å². The van der Waals surface area contributed by atoms with E-state index in [1.807, 2.05) is 32.2 Å². The van der Waals surface area contributed by atoms with Gasteiger partial charge in [-0.3, -0.25) is 4.79 Å². The van der Waals surface area contributed by atoms with E-state index in [0.717, 1.165) is 35.3 Å². The molecule has 5 nitrogen and oxygen atoms in total. The SMILES string of the molecule is C=C(C)CCN1C=C(C(C)CC)C(C)NC1=O.CC(C)C.Clc1ccccc1C1CC1.O=CO. The van der Waals surface area contributed by atoms with Gasteiger partial charge in [-0.2, -0.15) is 0 Å². The van der Waals surface area contributed by atoms with Crippen LogP contribution in [0.3, 0.4) is 0 Å². The molecule has 1 aliphatic heterocycles. The maximum absolute atomic E-state index is 11.8. The van der Waals surface area contributed by atoms with Crippen molar-refractivity contribution in [3.63, 3.8) is 0 Å². The molecule has 34 heavy (non-hydrogen) atoms. The highest BCUT2D eigenvalue weighted by Gasteiger charge is 2.26. The zero-order valence-corrected chi connectivity index (χ0v) is 22.9. The summed E-state index contributed by atoms with van der Waals surface area (Å²) in [5.74, 6) is 2.12. The van der Waals surface area contributed by atoms with Crippen LogP contribution in [0.5, 0.6) is 0 Å². The van der Waals surface area contributed by atoms with Crippen LogP contribution in [0.25, 0.3) is 0 Å². The molecule has 0 spiro atoms. The Hall–Kier alpha value is -2.27. The number of nitrogens with one attached hydrogen (secondary N) is 1. The van der Waals surface area contributed by atoms with Gasteiger partial charge in [0, 0.05) is 17.8 Å². The highest BCUT2D eigenvalue weighted by atomic mass is 35.5. The van der Waals surface area contributed by atoms with Crippen LogP contribution in [-0.4, -0.2) is 35.1 Å². The van der Waals surface area contributed by atoms with Crippen molar-refractivity contribution in [1.82, 2.24) is 10.2 Å². The average Bonchev–Trinajstić information content (AvgIpc) is 3.59. The predicted molar refractivity (Wildman–Crippen MR) is 144 cm³/mol. The lowest BCUT2D eigenvalue weighted by Gasteiger charge is -2.33. The number of carbonyl (C=O) groups excluding carboxylic acids is 1. The number of amides is 2. The summed E-state index contributed by atoms with van der Waals surface area (Å²) in [6, 6.07) is 8.28. The molecule has 0 bridgehead atoms. The first-order valence-corrected chi connectivity index (χ1v) is 12.6. The fraction of sp³-hybridized carbons (Fsp3) is 0.571. The van der Waals surface area contributed by atoms with Crippen molar-refractivity contribution in [3.8, 4) is 0 Å². The molecular formula is C28H45ClN2O3. The van der Waals surface area contributed by atoms with E-state index in [4.69, 9.17) is 21.5 Å². The molecule has 0 aromatic heterocycles. The fourth-order valence-corrected chi connectivity index (χ4v) is 3.46. The molecule has 0 saturated heterocycles. The van der Waals surface area contributed by atoms with Crippen LogP contribution in [0.1, 0.15) is 85.6 Å². The molecule has 192 valence electrons. The largest absolute Gasteiger partial charge is 0.483 e. The topological polar surface area (TPSA) is 69.6 Å². The van der Waals surface area contributed by atoms with Crippen LogP contribution >= 0.6 is 11.6 Å². The van der Waals surface area contributed by atoms with E-state index < -0.39 is 0 Å². The summed E-state index contributed by atoms with van der Waals surface area (Å²) in [6.45, 7) is 19.3. The second-order valence-corrected chi connectivity index (χ2v) is 10.1. The van der Waals surface area contributed by atoms with Crippen LogP contribution in [0.2, 0.25) is 5.02 Å². The second kappa shape index (κ2) is 17.2. The number of carbonyl (C=O) groups is 2. The summed E-state index contributed by atoms with van der Waals surface area (Å²) in [6.07, 6.45) is 6.63. The summed E-state index contributed by atoms with van der Waals surface area (Å²) < 4.78 is 0. The van der Waals surface area contributed by atoms with Gasteiger partial charge in [0.05, 0.1) is 6.04 Å². The van der Waals surface area contributed by atoms with Crippen LogP contribution in [0.4, 0.5) is 4.79 Å². The Kier molecular flexibility index (Phi) is 16.1. The van der Waals surface area contributed by atoms with Gasteiger partial charge in [-0.05, 0) is 74.5 Å². The van der Waals surface area contributed by atoms with E-state index in [0.29, 0.717) is 12.5 Å². The quantitative estimate of drug-likeness (QED) is 0.313. The first-order chi connectivity index (χ1) is 16.0. The molecule has 1 aromatic carbocycles. The molecule has 2 atom stereocenters. The maximum atomic E-state index is 11.8. The summed E-state index contributed by atoms with van der Waals surface area (Å²) in [5.41, 5.74) is 3.76. The lowest BCUT2D eigenvalue weighted by molar-refractivity contribution is -0.122. The number of benzene rings is 1. The number of carboxylic acid groups (broad SMARTS) is 1. The maximum Gasteiger partial charge on any atom is 0.321 e. The van der Waals surface area contributed by atoms with Gasteiger partial charge in [0.15, 0.2) is 0 Å². The summed E-state index contributed by atoms with van der Waals surface area (Å²) >= 11 is 5.96. The number of nitrogens with zero attached hydrogens (tertiary/aromatic N) is 1. The first kappa shape index (κ1) is 31.7. The average molecular weight is 493 g/mol. The Morgan fingerprint density at radius 3 is 2.24 bits per heavy atom. The van der Waals surface area contributed by atoms with Gasteiger partial charge in [-0.1, -0.05) is 70.0 Å². The standard InChI is InChI=1S/C14H24N2O.C9H9Cl.C4H10.CH2O2/c1-6-11(4)13-9-16(8-7-10(2)3)14(17)15-12(13)5;10-9-4-2-1-3-8(9)7-5-6-7;1-4(2)3;2-1-3/h9,11-12H,2,6-8H2,1,3-5H3,(H,15,17);1-4,7H,5-6H2;4H,1-3H3;1H,(H,2,3). The Balaban J connectivity index is 0.000000536. The molecule has 2 amide bonds. The molecule has 1 fully saturated rings. The predicted octanol–water partition coefficient (Wildman–Crippen LogP) is 7.88. The molecule has 2 N–H and O–H groups in total. The zero-order chi connectivity index (χ0) is 26.3. The van der Waals surface area contributed by atoms with Crippen molar-refractivity contribution < 1.29 is 14.7 Å². The van der Waals surface area contributed by atoms with Gasteiger partial charge in [-0.15, -0.1) is 6.58 Å². The molecule has 2 unspecified atom stereocenters. The number of urea groups is 1. The molecule has 3 rings (SSSR count). The zero-order valence-electron chi connectivity index (χ0n) is 22.1. The van der Waals surface area contributed by atoms with Crippen molar-refractivity contribution in [2.24, 2.45) is 11.8 Å². The lowest BCUT2D eigenvalue weighted by atomic mass is 9.92. The van der Waals surface area contributed by atoms with Crippen molar-refractivity contribution in [2.45, 2.75) is 86.1 Å². The van der Waals surface area contributed by atoms with E-state index in [1.54, 1.807) is 4.90 Å². The minimum Gasteiger partial charge on any atom is -0.483 e. The first-order valence-electron chi connectivity index (χ1n) is 12.2. The van der Waals surface area contributed by atoms with Gasteiger partial charge in [0.2, 0.25) is 0 Å². The van der Waals surface area contributed by atoms with Gasteiger partial charge < -0.3 is 15.3 Å². The van der Waals surface area contributed by atoms with Crippen LogP contribution in [-0.2, 0) is 4.79 Å². The van der Waals surface area contributed by atoms with E-state index in [2.05, 4.69) is 58.6 Å². The third kappa shape index (κ3) is 13.4. The normalized spacial score (nSPS) is 17.4. The lowest BCUT2D eigenvalue weighted by Crippen LogP contribution is -2.48. The third-order valence-corrected chi connectivity index (χ3v) is 5.63. The van der Waals surface area contributed by atoms with Gasteiger partial charge in [0.25, 0.3) is 6.47 Å². The Bertz CT molecular complexity index is 785. The van der Waals surface area contributed by atoms with E-state index in [9.17, 15) is 4.79 Å². The Morgan fingerprint density at radius 1 is 1.26 bits per heavy atom. The molecule has 1 heterocycles. The summed E-state index contributed by atoms with van der Waals surface area (Å²) in [5, 5.41) is 10.8. The third-order valence-electron chi connectivity index (χ3n) is 5.29. The van der Waals surface area contributed by atoms with Crippen LogP contribution < -0.4 is 5.32 Å². The smallest absolute Gasteiger partial charge is 0.321 e. The van der Waals surface area contributed by atoms with Crippen molar-refractivity contribution in [3.05, 3.63) is 58.8 Å². The molecule has 1 saturated carbocycles. The van der Waals surface area contributed by atoms with E-state index >= 15 is 0 Å². The van der Waals surface area contributed by atoms with Crippen molar-refractivity contribution in [2.75, 3.05) is 6.54 Å². The van der Waals surface area contributed by atoms with Crippen LogP contribution in [0.15, 0.2) is 48.2 Å². The molecular weight excluding hydrogens is 448 g/mol. The van der Waals surface area contributed by atoms with Crippen molar-refractivity contribution >= 4 is 24.1 Å². The van der Waals surface area contributed by atoms with Crippen molar-refractivity contribution in [1.29, 1.82) is 0 Å². The summed E-state index contributed by atoms with van der Waals surface area (Å²) in [4.78, 5) is 21.9. The van der Waals surface area contributed by atoms with Gasteiger partial charge >= 0.3 is 6.03 Å². The number of hydrogen-bond acceptors (Lipinski definition) is 2. The molecule has 6 heteroatoms. The Morgan fingerprint density at radius 2 is 1.79 bits per heavy atom. The number of hydrogen-bond donors (Lipinski definition) is 2. The fourth-order valence-electron chi connectivity index (χ4n) is 3.17. The summed E-state index contributed by atoms with van der Waals surface area (Å²) in [7, 11) is 0. The highest BCUT2D eigenvalue weighted by molar-refractivity contribution is 6.31. The minimum atomic E-state index is -0.250. The molecule has 0 radical (unpaired) electrons. The highest BCUT2D eigenvalue weighted by Crippen LogP contribution is 2.42. The second-order valence-electron chi connectivity index (χ2n) is 9.64. The van der Waals surface area contributed by atoms with Gasteiger partial charge in [-0.25, -0.2) is 4.79 Å². The van der Waals surface area contributed by atoms with E-state index in [1.165, 1.54) is 24.0 Å². The van der Waals surface area contributed by atoms with E-state index in [-0.39, 0.29) is 18.5 Å². The number of rotatable bonds is 6. The minimum absolute atomic E-state index is 0.00537. The van der Waals surface area contributed by atoms with Gasteiger partial charge in [0.1, 0.15) is 0 Å². The molecule has 1 aromatic rings. The molecule has 1 aliphatic carbocycles.